The van der Waals surface area contributed by atoms with Gasteiger partial charge in [0.1, 0.15) is 5.57 Å². The number of carboxylic acids is 1. The van der Waals surface area contributed by atoms with Crippen LogP contribution >= 0.6 is 0 Å². The van der Waals surface area contributed by atoms with E-state index in [9.17, 15) is 4.79 Å². The maximum Gasteiger partial charge on any atom is 0.344 e. The SMILES string of the molecule is CC#C/C(C(=O)O)=C(/C)C=CCC(C)CCCC(C)C. The fourth-order valence-electron chi connectivity index (χ4n) is 2.00. The van der Waals surface area contributed by atoms with Gasteiger partial charge >= 0.3 is 5.97 Å². The van der Waals surface area contributed by atoms with Crippen LogP contribution in [0.25, 0.3) is 0 Å². The fraction of sp³-hybridized carbons (Fsp3) is 0.611. The first-order valence-electron chi connectivity index (χ1n) is 7.41. The van der Waals surface area contributed by atoms with Crippen molar-refractivity contribution >= 4 is 5.97 Å². The minimum atomic E-state index is -0.952. The lowest BCUT2D eigenvalue weighted by atomic mass is 9.97. The molecular formula is C18H28O2. The smallest absolute Gasteiger partial charge is 0.344 e. The molecule has 0 spiro atoms. The summed E-state index contributed by atoms with van der Waals surface area (Å²) in [6.45, 7) is 10.2. The summed E-state index contributed by atoms with van der Waals surface area (Å²) in [5.41, 5.74) is 0.914. The average Bonchev–Trinajstić information content (AvgIpc) is 2.34. The summed E-state index contributed by atoms with van der Waals surface area (Å²) in [6, 6.07) is 0. The van der Waals surface area contributed by atoms with Crippen molar-refractivity contribution in [3.63, 3.8) is 0 Å². The minimum absolute atomic E-state index is 0.191. The van der Waals surface area contributed by atoms with E-state index in [4.69, 9.17) is 5.11 Å². The monoisotopic (exact) mass is 276 g/mol. The lowest BCUT2D eigenvalue weighted by molar-refractivity contribution is -0.132. The van der Waals surface area contributed by atoms with E-state index in [1.54, 1.807) is 13.8 Å². The number of carboxylic acid groups (broad SMARTS) is 1. The lowest BCUT2D eigenvalue weighted by Crippen LogP contribution is -2.00. The highest BCUT2D eigenvalue weighted by Gasteiger charge is 2.06. The molecule has 0 aliphatic carbocycles. The molecule has 2 nitrogen and oxygen atoms in total. The van der Waals surface area contributed by atoms with Crippen LogP contribution in [-0.2, 0) is 4.79 Å². The molecule has 0 aliphatic rings. The molecule has 0 aromatic carbocycles. The molecule has 0 fully saturated rings. The molecule has 0 saturated carbocycles. The van der Waals surface area contributed by atoms with Crippen molar-refractivity contribution in [1.82, 2.24) is 0 Å². The van der Waals surface area contributed by atoms with Gasteiger partial charge in [0.15, 0.2) is 0 Å². The molecule has 0 heterocycles. The van der Waals surface area contributed by atoms with E-state index in [-0.39, 0.29) is 5.57 Å². The third kappa shape index (κ3) is 8.58. The van der Waals surface area contributed by atoms with Gasteiger partial charge in [0.05, 0.1) is 0 Å². The van der Waals surface area contributed by atoms with Gasteiger partial charge in [0.25, 0.3) is 0 Å². The van der Waals surface area contributed by atoms with Crippen molar-refractivity contribution in [2.24, 2.45) is 11.8 Å². The Morgan fingerprint density at radius 3 is 2.40 bits per heavy atom. The van der Waals surface area contributed by atoms with Gasteiger partial charge in [-0.05, 0) is 37.7 Å². The Labute approximate surface area is 124 Å². The molecule has 1 atom stereocenters. The van der Waals surface area contributed by atoms with Crippen molar-refractivity contribution in [3.05, 3.63) is 23.3 Å². The number of rotatable bonds is 8. The van der Waals surface area contributed by atoms with Gasteiger partial charge in [-0.2, -0.15) is 0 Å². The molecule has 0 rings (SSSR count). The standard InChI is InChI=1S/C18H28O2/c1-6-9-17(18(19)20)16(5)13-8-12-15(4)11-7-10-14(2)3/h8,13-15H,7,10-12H2,1-5H3,(H,19,20)/b13-8?,17-16+. The molecule has 0 saturated heterocycles. The van der Waals surface area contributed by atoms with Gasteiger partial charge < -0.3 is 5.11 Å². The van der Waals surface area contributed by atoms with Crippen molar-refractivity contribution in [1.29, 1.82) is 0 Å². The van der Waals surface area contributed by atoms with Gasteiger partial charge in [0.2, 0.25) is 0 Å². The molecular weight excluding hydrogens is 248 g/mol. The second-order valence-electron chi connectivity index (χ2n) is 5.81. The van der Waals surface area contributed by atoms with E-state index in [0.717, 1.165) is 17.9 Å². The second-order valence-corrected chi connectivity index (χ2v) is 5.81. The third-order valence-electron chi connectivity index (χ3n) is 3.24. The van der Waals surface area contributed by atoms with Gasteiger partial charge in [-0.25, -0.2) is 4.79 Å². The van der Waals surface area contributed by atoms with Crippen LogP contribution in [0.3, 0.4) is 0 Å². The highest BCUT2D eigenvalue weighted by Crippen LogP contribution is 2.16. The second kappa shape index (κ2) is 10.3. The van der Waals surface area contributed by atoms with E-state index in [1.807, 2.05) is 6.08 Å². The predicted octanol–water partition coefficient (Wildman–Crippen LogP) is 4.82. The fourth-order valence-corrected chi connectivity index (χ4v) is 2.00. The van der Waals surface area contributed by atoms with E-state index < -0.39 is 5.97 Å². The summed E-state index contributed by atoms with van der Waals surface area (Å²) in [5.74, 6) is 5.75. The molecule has 2 heteroatoms. The van der Waals surface area contributed by atoms with Crippen molar-refractivity contribution in [2.75, 3.05) is 0 Å². The Kier molecular flexibility index (Phi) is 9.55. The minimum Gasteiger partial charge on any atom is -0.477 e. The number of aliphatic carboxylic acids is 1. The normalized spacial score (nSPS) is 13.9. The molecule has 0 aromatic rings. The Morgan fingerprint density at radius 2 is 1.90 bits per heavy atom. The van der Waals surface area contributed by atoms with Crippen molar-refractivity contribution in [2.45, 2.75) is 60.3 Å². The summed E-state index contributed by atoms with van der Waals surface area (Å²) in [6.07, 6.45) is 8.71. The van der Waals surface area contributed by atoms with Crippen molar-refractivity contribution in [3.8, 4) is 11.8 Å². The summed E-state index contributed by atoms with van der Waals surface area (Å²) >= 11 is 0. The van der Waals surface area contributed by atoms with E-state index in [0.29, 0.717) is 5.92 Å². The Bertz CT molecular complexity index is 416. The number of carbonyl (C=O) groups is 1. The van der Waals surface area contributed by atoms with Gasteiger partial charge in [-0.1, -0.05) is 58.1 Å². The van der Waals surface area contributed by atoms with Gasteiger partial charge in [0, 0.05) is 0 Å². The zero-order valence-electron chi connectivity index (χ0n) is 13.5. The van der Waals surface area contributed by atoms with E-state index >= 15 is 0 Å². The molecule has 112 valence electrons. The first kappa shape index (κ1) is 18.5. The molecule has 20 heavy (non-hydrogen) atoms. The molecule has 0 bridgehead atoms. The first-order chi connectivity index (χ1) is 9.38. The lowest BCUT2D eigenvalue weighted by Gasteiger charge is -2.09. The number of allylic oxidation sites excluding steroid dienone is 3. The van der Waals surface area contributed by atoms with Crippen LogP contribution in [-0.4, -0.2) is 11.1 Å². The maximum atomic E-state index is 11.0. The number of hydrogen-bond donors (Lipinski definition) is 1. The Balaban J connectivity index is 4.37. The molecule has 0 aromatic heterocycles. The largest absolute Gasteiger partial charge is 0.477 e. The van der Waals surface area contributed by atoms with Crippen molar-refractivity contribution < 1.29 is 9.90 Å². The molecule has 1 unspecified atom stereocenters. The van der Waals surface area contributed by atoms with Crippen LogP contribution in [0, 0.1) is 23.7 Å². The Morgan fingerprint density at radius 1 is 1.25 bits per heavy atom. The van der Waals surface area contributed by atoms with E-state index in [1.165, 1.54) is 19.3 Å². The van der Waals surface area contributed by atoms with Crippen LogP contribution in [0.4, 0.5) is 0 Å². The first-order valence-corrected chi connectivity index (χ1v) is 7.41. The van der Waals surface area contributed by atoms with Crippen LogP contribution in [0.5, 0.6) is 0 Å². The molecule has 0 amide bonds. The average molecular weight is 276 g/mol. The summed E-state index contributed by atoms with van der Waals surface area (Å²) < 4.78 is 0. The zero-order chi connectivity index (χ0) is 15.5. The summed E-state index contributed by atoms with van der Waals surface area (Å²) in [7, 11) is 0. The highest BCUT2D eigenvalue weighted by atomic mass is 16.4. The van der Waals surface area contributed by atoms with Gasteiger partial charge in [-0.3, -0.25) is 0 Å². The molecule has 1 N–H and O–H groups in total. The summed E-state index contributed by atoms with van der Waals surface area (Å²) in [5, 5.41) is 9.06. The van der Waals surface area contributed by atoms with E-state index in [2.05, 4.69) is 38.7 Å². The quantitative estimate of drug-likeness (QED) is 0.392. The zero-order valence-corrected chi connectivity index (χ0v) is 13.5. The van der Waals surface area contributed by atoms with Crippen LogP contribution < -0.4 is 0 Å². The number of hydrogen-bond acceptors (Lipinski definition) is 1. The molecule has 0 aliphatic heterocycles. The highest BCUT2D eigenvalue weighted by molar-refractivity contribution is 5.93. The van der Waals surface area contributed by atoms with Crippen LogP contribution in [0.15, 0.2) is 23.3 Å². The Hall–Kier alpha value is -1.49. The van der Waals surface area contributed by atoms with Crippen LogP contribution in [0.2, 0.25) is 0 Å². The third-order valence-corrected chi connectivity index (χ3v) is 3.24. The topological polar surface area (TPSA) is 37.3 Å². The predicted molar refractivity (Wildman–Crippen MR) is 85.4 cm³/mol. The molecule has 0 radical (unpaired) electrons. The van der Waals surface area contributed by atoms with Crippen LogP contribution in [0.1, 0.15) is 60.3 Å². The maximum absolute atomic E-state index is 11.0. The van der Waals surface area contributed by atoms with Gasteiger partial charge in [-0.15, -0.1) is 5.92 Å². The summed E-state index contributed by atoms with van der Waals surface area (Å²) in [4.78, 5) is 11.0.